The van der Waals surface area contributed by atoms with Gasteiger partial charge in [0.2, 0.25) is 0 Å². The minimum Gasteiger partial charge on any atom is -0.300 e. The van der Waals surface area contributed by atoms with Crippen molar-refractivity contribution in [2.75, 3.05) is 13.1 Å². The second kappa shape index (κ2) is 3.27. The maximum atomic E-state index is 2.79. The third kappa shape index (κ3) is 1.63. The Hall–Kier alpha value is -0.0400. The SMILES string of the molecule is C1CCC(CN2CCC3CC32)CC1. The first-order chi connectivity index (χ1) is 6.43. The van der Waals surface area contributed by atoms with Gasteiger partial charge in [0.15, 0.2) is 0 Å². The van der Waals surface area contributed by atoms with Crippen LogP contribution in [0.4, 0.5) is 0 Å². The second-order valence-electron chi connectivity index (χ2n) is 5.35. The predicted octanol–water partition coefficient (Wildman–Crippen LogP) is 2.66. The van der Waals surface area contributed by atoms with E-state index in [2.05, 4.69) is 4.90 Å². The van der Waals surface area contributed by atoms with Crippen LogP contribution in [0.1, 0.15) is 44.9 Å². The van der Waals surface area contributed by atoms with E-state index in [0.717, 1.165) is 17.9 Å². The molecule has 1 heteroatoms. The van der Waals surface area contributed by atoms with Crippen LogP contribution in [0.3, 0.4) is 0 Å². The summed E-state index contributed by atoms with van der Waals surface area (Å²) in [4.78, 5) is 2.79. The minimum absolute atomic E-state index is 1.04. The molecule has 1 aliphatic heterocycles. The molecule has 0 aromatic carbocycles. The molecule has 0 aromatic heterocycles. The van der Waals surface area contributed by atoms with Gasteiger partial charge in [-0.1, -0.05) is 19.3 Å². The highest BCUT2D eigenvalue weighted by molar-refractivity contribution is 5.01. The molecular formula is C12H21N. The van der Waals surface area contributed by atoms with Gasteiger partial charge in [-0.3, -0.25) is 4.90 Å². The Balaban J connectivity index is 1.50. The largest absolute Gasteiger partial charge is 0.300 e. The van der Waals surface area contributed by atoms with E-state index in [4.69, 9.17) is 0 Å². The van der Waals surface area contributed by atoms with E-state index >= 15 is 0 Å². The molecule has 3 aliphatic rings. The molecule has 3 fully saturated rings. The fraction of sp³-hybridized carbons (Fsp3) is 1.00. The van der Waals surface area contributed by atoms with E-state index in [1.807, 2.05) is 0 Å². The summed E-state index contributed by atoms with van der Waals surface area (Å²) >= 11 is 0. The van der Waals surface area contributed by atoms with Crippen LogP contribution in [-0.4, -0.2) is 24.0 Å². The summed E-state index contributed by atoms with van der Waals surface area (Å²) in [6, 6.07) is 1.04. The van der Waals surface area contributed by atoms with Crippen LogP contribution in [0.2, 0.25) is 0 Å². The monoisotopic (exact) mass is 179 g/mol. The molecule has 0 spiro atoms. The lowest BCUT2D eigenvalue weighted by molar-refractivity contribution is 0.213. The fourth-order valence-electron chi connectivity index (χ4n) is 3.41. The number of likely N-dealkylation sites (tertiary alicyclic amines) is 1. The predicted molar refractivity (Wildman–Crippen MR) is 54.7 cm³/mol. The van der Waals surface area contributed by atoms with Gasteiger partial charge in [0.1, 0.15) is 0 Å². The Morgan fingerprint density at radius 2 is 1.85 bits per heavy atom. The third-order valence-electron chi connectivity index (χ3n) is 4.36. The average molecular weight is 179 g/mol. The average Bonchev–Trinajstić information content (AvgIpc) is 2.86. The van der Waals surface area contributed by atoms with Gasteiger partial charge in [0, 0.05) is 12.6 Å². The molecule has 1 heterocycles. The molecule has 0 bridgehead atoms. The van der Waals surface area contributed by atoms with Gasteiger partial charge in [0.25, 0.3) is 0 Å². The molecule has 2 aliphatic carbocycles. The molecule has 1 saturated heterocycles. The van der Waals surface area contributed by atoms with E-state index < -0.39 is 0 Å². The Morgan fingerprint density at radius 1 is 1.00 bits per heavy atom. The third-order valence-corrected chi connectivity index (χ3v) is 4.36. The van der Waals surface area contributed by atoms with Gasteiger partial charge in [-0.2, -0.15) is 0 Å². The van der Waals surface area contributed by atoms with Crippen LogP contribution in [0, 0.1) is 11.8 Å². The van der Waals surface area contributed by atoms with Crippen LogP contribution in [-0.2, 0) is 0 Å². The van der Waals surface area contributed by atoms with E-state index in [1.165, 1.54) is 58.0 Å². The van der Waals surface area contributed by atoms with Crippen LogP contribution in [0.25, 0.3) is 0 Å². The zero-order valence-electron chi connectivity index (χ0n) is 8.54. The number of rotatable bonds is 2. The number of fused-ring (bicyclic) bond motifs is 1. The molecule has 74 valence electrons. The van der Waals surface area contributed by atoms with Gasteiger partial charge < -0.3 is 0 Å². The molecule has 2 saturated carbocycles. The highest BCUT2D eigenvalue weighted by Gasteiger charge is 2.46. The molecule has 3 rings (SSSR count). The van der Waals surface area contributed by atoms with Crippen LogP contribution < -0.4 is 0 Å². The van der Waals surface area contributed by atoms with Gasteiger partial charge in [-0.05, 0) is 44.1 Å². The molecule has 0 N–H and O–H groups in total. The lowest BCUT2D eigenvalue weighted by atomic mass is 9.89. The van der Waals surface area contributed by atoms with Crippen molar-refractivity contribution in [1.82, 2.24) is 4.90 Å². The Labute approximate surface area is 81.5 Å². The van der Waals surface area contributed by atoms with Gasteiger partial charge in [-0.25, -0.2) is 0 Å². The molecule has 0 amide bonds. The highest BCUT2D eigenvalue weighted by Crippen LogP contribution is 2.45. The van der Waals surface area contributed by atoms with Gasteiger partial charge in [-0.15, -0.1) is 0 Å². The summed E-state index contributed by atoms with van der Waals surface area (Å²) < 4.78 is 0. The second-order valence-corrected chi connectivity index (χ2v) is 5.35. The summed E-state index contributed by atoms with van der Waals surface area (Å²) in [5.74, 6) is 2.19. The molecule has 0 radical (unpaired) electrons. The molecule has 2 atom stereocenters. The van der Waals surface area contributed by atoms with Crippen molar-refractivity contribution in [3.8, 4) is 0 Å². The zero-order chi connectivity index (χ0) is 8.67. The molecule has 0 aromatic rings. The number of piperidine rings is 1. The Kier molecular flexibility index (Phi) is 2.08. The molecular weight excluding hydrogens is 158 g/mol. The van der Waals surface area contributed by atoms with Crippen molar-refractivity contribution >= 4 is 0 Å². The van der Waals surface area contributed by atoms with E-state index in [-0.39, 0.29) is 0 Å². The number of hydrogen-bond acceptors (Lipinski definition) is 1. The zero-order valence-corrected chi connectivity index (χ0v) is 8.54. The van der Waals surface area contributed by atoms with Crippen LogP contribution in [0.5, 0.6) is 0 Å². The summed E-state index contributed by atoms with van der Waals surface area (Å²) in [6.07, 6.45) is 10.6. The topological polar surface area (TPSA) is 3.24 Å². The summed E-state index contributed by atoms with van der Waals surface area (Å²) in [6.45, 7) is 2.87. The first kappa shape index (κ1) is 8.28. The summed E-state index contributed by atoms with van der Waals surface area (Å²) in [7, 11) is 0. The van der Waals surface area contributed by atoms with Crippen molar-refractivity contribution < 1.29 is 0 Å². The van der Waals surface area contributed by atoms with E-state index in [1.54, 1.807) is 0 Å². The number of hydrogen-bond donors (Lipinski definition) is 0. The van der Waals surface area contributed by atoms with Crippen molar-refractivity contribution in [2.24, 2.45) is 11.8 Å². The molecule has 13 heavy (non-hydrogen) atoms. The summed E-state index contributed by atoms with van der Waals surface area (Å²) in [5, 5.41) is 0. The molecule has 2 unspecified atom stereocenters. The highest BCUT2D eigenvalue weighted by atomic mass is 15.2. The molecule has 1 nitrogen and oxygen atoms in total. The number of nitrogens with zero attached hydrogens (tertiary/aromatic N) is 1. The smallest absolute Gasteiger partial charge is 0.0128 e. The Morgan fingerprint density at radius 3 is 2.46 bits per heavy atom. The standard InChI is InChI=1S/C12H21N/c1-2-4-10(5-3-1)9-13-7-6-11-8-12(11)13/h10-12H,1-9H2. The normalized spacial score (nSPS) is 40.6. The maximum Gasteiger partial charge on any atom is 0.0128 e. The van der Waals surface area contributed by atoms with Crippen molar-refractivity contribution in [1.29, 1.82) is 0 Å². The van der Waals surface area contributed by atoms with Gasteiger partial charge >= 0.3 is 0 Å². The first-order valence-corrected chi connectivity index (χ1v) is 6.17. The Bertz CT molecular complexity index is 184. The maximum absolute atomic E-state index is 2.79. The van der Waals surface area contributed by atoms with E-state index in [9.17, 15) is 0 Å². The van der Waals surface area contributed by atoms with Crippen molar-refractivity contribution in [3.05, 3.63) is 0 Å². The van der Waals surface area contributed by atoms with Gasteiger partial charge in [0.05, 0.1) is 0 Å². The quantitative estimate of drug-likeness (QED) is 0.630. The fourth-order valence-corrected chi connectivity index (χ4v) is 3.41. The van der Waals surface area contributed by atoms with Crippen molar-refractivity contribution in [3.63, 3.8) is 0 Å². The van der Waals surface area contributed by atoms with Crippen LogP contribution in [0.15, 0.2) is 0 Å². The minimum atomic E-state index is 1.04. The van der Waals surface area contributed by atoms with Crippen LogP contribution >= 0.6 is 0 Å². The summed E-state index contributed by atoms with van der Waals surface area (Å²) in [5.41, 5.74) is 0. The lowest BCUT2D eigenvalue weighted by Crippen LogP contribution is -2.30. The van der Waals surface area contributed by atoms with Crippen molar-refractivity contribution in [2.45, 2.75) is 51.0 Å². The lowest BCUT2D eigenvalue weighted by Gasteiger charge is -2.27. The first-order valence-electron chi connectivity index (χ1n) is 6.17. The van der Waals surface area contributed by atoms with E-state index in [0.29, 0.717) is 0 Å².